The Labute approximate surface area is 135 Å². The highest BCUT2D eigenvalue weighted by atomic mass is 16.5. The first-order valence-corrected chi connectivity index (χ1v) is 7.22. The predicted octanol–water partition coefficient (Wildman–Crippen LogP) is 3.19. The molecular weight excluding hydrogens is 294 g/mol. The summed E-state index contributed by atoms with van der Waals surface area (Å²) in [6, 6.07) is 14.0. The molecule has 0 fully saturated rings. The summed E-state index contributed by atoms with van der Waals surface area (Å²) in [6.07, 6.45) is -0.907. The molecule has 0 aliphatic heterocycles. The maximum absolute atomic E-state index is 12.1. The van der Waals surface area contributed by atoms with Crippen LogP contribution in [0.1, 0.15) is 22.8 Å². The van der Waals surface area contributed by atoms with Crippen LogP contribution in [0.3, 0.4) is 0 Å². The fourth-order valence-electron chi connectivity index (χ4n) is 1.91. The number of aryl methyl sites for hydroxylation is 1. The Hall–Kier alpha value is -2.82. The molecule has 0 saturated heterocycles. The van der Waals surface area contributed by atoms with Crippen molar-refractivity contribution in [3.05, 3.63) is 59.7 Å². The van der Waals surface area contributed by atoms with E-state index in [0.29, 0.717) is 17.0 Å². The third kappa shape index (κ3) is 4.57. The Bertz CT molecular complexity index is 694. The van der Waals surface area contributed by atoms with Gasteiger partial charge in [-0.05, 0) is 44.2 Å². The zero-order valence-electron chi connectivity index (χ0n) is 13.3. The van der Waals surface area contributed by atoms with E-state index in [2.05, 4.69) is 5.32 Å². The number of hydrogen-bond donors (Lipinski definition) is 1. The number of amides is 1. The predicted molar refractivity (Wildman–Crippen MR) is 87.7 cm³/mol. The molecule has 2 aromatic carbocycles. The highest BCUT2D eigenvalue weighted by molar-refractivity contribution is 5.97. The van der Waals surface area contributed by atoms with Gasteiger partial charge in [-0.15, -0.1) is 0 Å². The average molecular weight is 313 g/mol. The van der Waals surface area contributed by atoms with Gasteiger partial charge < -0.3 is 14.8 Å². The summed E-state index contributed by atoms with van der Waals surface area (Å²) < 4.78 is 10.2. The minimum atomic E-state index is -0.907. The van der Waals surface area contributed by atoms with Gasteiger partial charge in [-0.1, -0.05) is 23.8 Å². The summed E-state index contributed by atoms with van der Waals surface area (Å²) in [5.74, 6) is -0.406. The number of methoxy groups -OCH3 is 1. The van der Waals surface area contributed by atoms with Gasteiger partial charge in [0.25, 0.3) is 5.91 Å². The van der Waals surface area contributed by atoms with Crippen LogP contribution in [0, 0.1) is 6.92 Å². The normalized spacial score (nSPS) is 11.4. The quantitative estimate of drug-likeness (QED) is 0.861. The van der Waals surface area contributed by atoms with E-state index in [9.17, 15) is 9.59 Å². The molecule has 0 aliphatic rings. The number of anilines is 1. The van der Waals surface area contributed by atoms with Crippen LogP contribution in [0.2, 0.25) is 0 Å². The summed E-state index contributed by atoms with van der Waals surface area (Å²) in [6.45, 7) is 3.49. The van der Waals surface area contributed by atoms with Crippen molar-refractivity contribution in [1.82, 2.24) is 0 Å². The Kier molecular flexibility index (Phi) is 5.36. The van der Waals surface area contributed by atoms with Crippen molar-refractivity contribution < 1.29 is 19.1 Å². The minimum Gasteiger partial charge on any atom is -0.497 e. The van der Waals surface area contributed by atoms with Gasteiger partial charge in [0.15, 0.2) is 6.10 Å². The fraction of sp³-hybridized carbons (Fsp3) is 0.222. The molecule has 0 bridgehead atoms. The lowest BCUT2D eigenvalue weighted by Gasteiger charge is -2.14. The van der Waals surface area contributed by atoms with Crippen molar-refractivity contribution >= 4 is 17.6 Å². The third-order valence-electron chi connectivity index (χ3n) is 3.28. The van der Waals surface area contributed by atoms with Crippen molar-refractivity contribution in [3.8, 4) is 5.75 Å². The summed E-state index contributed by atoms with van der Waals surface area (Å²) in [4.78, 5) is 24.1. The zero-order valence-corrected chi connectivity index (χ0v) is 13.3. The van der Waals surface area contributed by atoms with E-state index < -0.39 is 12.1 Å². The van der Waals surface area contributed by atoms with Crippen LogP contribution >= 0.6 is 0 Å². The van der Waals surface area contributed by atoms with Crippen LogP contribution in [0.4, 0.5) is 5.69 Å². The first-order chi connectivity index (χ1) is 11.0. The molecule has 1 amide bonds. The molecule has 0 aromatic heterocycles. The number of ether oxygens (including phenoxy) is 2. The summed E-state index contributed by atoms with van der Waals surface area (Å²) in [5, 5.41) is 2.71. The zero-order chi connectivity index (χ0) is 16.8. The summed E-state index contributed by atoms with van der Waals surface area (Å²) in [7, 11) is 1.52. The molecular formula is C18H19NO4. The Morgan fingerprint density at radius 1 is 1.09 bits per heavy atom. The molecule has 5 nitrogen and oxygen atoms in total. The van der Waals surface area contributed by atoms with E-state index in [4.69, 9.17) is 9.47 Å². The first kappa shape index (κ1) is 16.5. The Morgan fingerprint density at radius 3 is 2.43 bits per heavy atom. The maximum atomic E-state index is 12.1. The lowest BCUT2D eigenvalue weighted by atomic mass is 10.2. The summed E-state index contributed by atoms with van der Waals surface area (Å²) in [5.41, 5.74) is 2.09. The molecule has 0 unspecified atom stereocenters. The molecule has 0 heterocycles. The number of carbonyl (C=O) groups excluding carboxylic acids is 2. The van der Waals surface area contributed by atoms with E-state index in [-0.39, 0.29) is 5.91 Å². The topological polar surface area (TPSA) is 64.6 Å². The molecule has 120 valence electrons. The van der Waals surface area contributed by atoms with Gasteiger partial charge in [-0.3, -0.25) is 4.79 Å². The second-order valence-electron chi connectivity index (χ2n) is 5.13. The van der Waals surface area contributed by atoms with Crippen molar-refractivity contribution in [2.45, 2.75) is 20.0 Å². The second kappa shape index (κ2) is 7.45. The molecule has 0 aliphatic carbocycles. The molecule has 5 heteroatoms. The van der Waals surface area contributed by atoms with Gasteiger partial charge in [-0.2, -0.15) is 0 Å². The average Bonchev–Trinajstić information content (AvgIpc) is 2.56. The highest BCUT2D eigenvalue weighted by Crippen LogP contribution is 2.15. The van der Waals surface area contributed by atoms with Gasteiger partial charge in [0.05, 0.1) is 12.7 Å². The van der Waals surface area contributed by atoms with E-state index in [0.717, 1.165) is 5.56 Å². The summed E-state index contributed by atoms with van der Waals surface area (Å²) >= 11 is 0. The second-order valence-corrected chi connectivity index (χ2v) is 5.13. The van der Waals surface area contributed by atoms with E-state index in [1.807, 2.05) is 19.1 Å². The van der Waals surface area contributed by atoms with Gasteiger partial charge in [0, 0.05) is 5.69 Å². The van der Waals surface area contributed by atoms with Gasteiger partial charge in [-0.25, -0.2) is 4.79 Å². The number of nitrogens with one attached hydrogen (secondary N) is 1. The molecule has 0 saturated carbocycles. The number of rotatable bonds is 5. The van der Waals surface area contributed by atoms with Crippen molar-refractivity contribution in [2.75, 3.05) is 12.4 Å². The van der Waals surface area contributed by atoms with E-state index in [1.165, 1.54) is 14.0 Å². The van der Waals surface area contributed by atoms with Crippen LogP contribution in [-0.4, -0.2) is 25.1 Å². The molecule has 23 heavy (non-hydrogen) atoms. The molecule has 0 radical (unpaired) electrons. The van der Waals surface area contributed by atoms with Crippen LogP contribution < -0.4 is 10.1 Å². The first-order valence-electron chi connectivity index (χ1n) is 7.22. The minimum absolute atomic E-state index is 0.333. The lowest BCUT2D eigenvalue weighted by molar-refractivity contribution is -0.123. The van der Waals surface area contributed by atoms with Crippen LogP contribution in [0.5, 0.6) is 5.75 Å². The van der Waals surface area contributed by atoms with Crippen molar-refractivity contribution in [2.24, 2.45) is 0 Å². The SMILES string of the molecule is COc1cccc(C(=O)O[C@@H](C)C(=O)Nc2ccc(C)cc2)c1. The van der Waals surface area contributed by atoms with Crippen LogP contribution in [-0.2, 0) is 9.53 Å². The van der Waals surface area contributed by atoms with Gasteiger partial charge in [0.2, 0.25) is 0 Å². The maximum Gasteiger partial charge on any atom is 0.339 e. The van der Waals surface area contributed by atoms with Crippen molar-refractivity contribution in [1.29, 1.82) is 0 Å². The van der Waals surface area contributed by atoms with E-state index >= 15 is 0 Å². The molecule has 2 rings (SSSR count). The van der Waals surface area contributed by atoms with Gasteiger partial charge in [0.1, 0.15) is 5.75 Å². The van der Waals surface area contributed by atoms with Crippen molar-refractivity contribution in [3.63, 3.8) is 0 Å². The number of esters is 1. The standard InChI is InChI=1S/C18H19NO4/c1-12-7-9-15(10-8-12)19-17(20)13(2)23-18(21)14-5-4-6-16(11-14)22-3/h4-11,13H,1-3H3,(H,19,20)/t13-/m0/s1. The largest absolute Gasteiger partial charge is 0.497 e. The van der Waals surface area contributed by atoms with Crippen LogP contribution in [0.15, 0.2) is 48.5 Å². The molecule has 1 atom stereocenters. The molecule has 1 N–H and O–H groups in total. The highest BCUT2D eigenvalue weighted by Gasteiger charge is 2.19. The number of hydrogen-bond acceptors (Lipinski definition) is 4. The van der Waals surface area contributed by atoms with E-state index in [1.54, 1.807) is 36.4 Å². The molecule has 0 spiro atoms. The van der Waals surface area contributed by atoms with Gasteiger partial charge >= 0.3 is 5.97 Å². The monoisotopic (exact) mass is 313 g/mol. The number of benzene rings is 2. The molecule has 2 aromatic rings. The third-order valence-corrected chi connectivity index (χ3v) is 3.28. The van der Waals surface area contributed by atoms with Crippen LogP contribution in [0.25, 0.3) is 0 Å². The Morgan fingerprint density at radius 2 is 1.78 bits per heavy atom. The lowest BCUT2D eigenvalue weighted by Crippen LogP contribution is -2.30. The Balaban J connectivity index is 1.97. The number of carbonyl (C=O) groups is 2. The fourth-order valence-corrected chi connectivity index (χ4v) is 1.91. The smallest absolute Gasteiger partial charge is 0.339 e.